The van der Waals surface area contributed by atoms with E-state index in [0.29, 0.717) is 27.7 Å². The number of rotatable bonds is 13. The maximum atomic E-state index is 13.9. The van der Waals surface area contributed by atoms with Crippen molar-refractivity contribution >= 4 is 50.7 Å². The van der Waals surface area contributed by atoms with Gasteiger partial charge in [0.25, 0.3) is 0 Å². The van der Waals surface area contributed by atoms with Crippen LogP contribution in [0.15, 0.2) is 66.7 Å². The van der Waals surface area contributed by atoms with Gasteiger partial charge in [0.05, 0.1) is 11.9 Å². The van der Waals surface area contributed by atoms with Crippen molar-refractivity contribution in [3.8, 4) is 0 Å². The number of benzene rings is 3. The zero-order valence-electron chi connectivity index (χ0n) is 24.7. The molecule has 1 N–H and O–H groups in total. The molecule has 7 nitrogen and oxygen atoms in total. The van der Waals surface area contributed by atoms with Crippen LogP contribution < -0.4 is 9.62 Å². The van der Waals surface area contributed by atoms with Gasteiger partial charge in [0.15, 0.2) is 0 Å². The van der Waals surface area contributed by atoms with Crippen LogP contribution in [0.2, 0.25) is 10.0 Å². The lowest BCUT2D eigenvalue weighted by molar-refractivity contribution is -0.141. The number of nitrogens with zero attached hydrogens (tertiary/aromatic N) is 2. The summed E-state index contributed by atoms with van der Waals surface area (Å²) in [6.07, 6.45) is 1.75. The highest BCUT2D eigenvalue weighted by atomic mass is 35.5. The topological polar surface area (TPSA) is 86.8 Å². The van der Waals surface area contributed by atoms with E-state index in [4.69, 9.17) is 23.2 Å². The lowest BCUT2D eigenvalue weighted by Crippen LogP contribution is -2.51. The van der Waals surface area contributed by atoms with Crippen LogP contribution in [0, 0.1) is 13.8 Å². The van der Waals surface area contributed by atoms with Gasteiger partial charge in [-0.25, -0.2) is 8.42 Å². The number of carbonyl (C=O) groups excluding carboxylic acids is 2. The third kappa shape index (κ3) is 9.48. The smallest absolute Gasteiger partial charge is 0.243 e. The summed E-state index contributed by atoms with van der Waals surface area (Å²) in [5, 5.41) is 3.82. The Morgan fingerprint density at radius 2 is 1.64 bits per heavy atom. The van der Waals surface area contributed by atoms with Crippen molar-refractivity contribution in [1.82, 2.24) is 10.2 Å². The van der Waals surface area contributed by atoms with Gasteiger partial charge >= 0.3 is 0 Å². The Bertz CT molecular complexity index is 1500. The van der Waals surface area contributed by atoms with Crippen LogP contribution in [-0.4, -0.2) is 50.0 Å². The van der Waals surface area contributed by atoms with Gasteiger partial charge in [-0.05, 0) is 74.6 Å². The molecular formula is C32H39Cl2N3O4S. The molecular weight excluding hydrogens is 593 g/mol. The van der Waals surface area contributed by atoms with E-state index in [1.807, 2.05) is 76.2 Å². The first-order chi connectivity index (χ1) is 19.8. The highest BCUT2D eigenvalue weighted by molar-refractivity contribution is 7.92. The van der Waals surface area contributed by atoms with Crippen molar-refractivity contribution in [2.45, 2.75) is 65.6 Å². The van der Waals surface area contributed by atoms with Crippen LogP contribution in [0.5, 0.6) is 0 Å². The first kappa shape index (κ1) is 33.4. The van der Waals surface area contributed by atoms with Gasteiger partial charge in [-0.15, -0.1) is 0 Å². The number of carbonyl (C=O) groups is 2. The molecule has 2 amide bonds. The fraction of sp³-hybridized carbons (Fsp3) is 0.375. The summed E-state index contributed by atoms with van der Waals surface area (Å²) < 4.78 is 26.9. The second kappa shape index (κ2) is 14.9. The quantitative estimate of drug-likeness (QED) is 0.239. The molecule has 3 rings (SSSR count). The van der Waals surface area contributed by atoms with Gasteiger partial charge in [0, 0.05) is 42.0 Å². The SMILES string of the molecule is Cc1ccc(C)c(N(CCCC(=O)N(Cc2ccc(Cl)cc2Cl)C(Cc2ccccc2)C(=O)NC(C)C)S(C)(=O)=O)c1. The summed E-state index contributed by atoms with van der Waals surface area (Å²) >= 11 is 12.6. The summed E-state index contributed by atoms with van der Waals surface area (Å²) in [5.74, 6) is -0.560. The van der Waals surface area contributed by atoms with Crippen LogP contribution in [0.3, 0.4) is 0 Å². The summed E-state index contributed by atoms with van der Waals surface area (Å²) in [5.41, 5.74) is 3.90. The Morgan fingerprint density at radius 1 is 0.952 bits per heavy atom. The largest absolute Gasteiger partial charge is 0.352 e. The molecule has 0 fully saturated rings. The van der Waals surface area contributed by atoms with Crippen molar-refractivity contribution in [3.63, 3.8) is 0 Å². The molecule has 0 saturated carbocycles. The minimum absolute atomic E-state index is 0.0301. The van der Waals surface area contributed by atoms with Crippen LogP contribution >= 0.6 is 23.2 Å². The Labute approximate surface area is 259 Å². The van der Waals surface area contributed by atoms with E-state index in [0.717, 1.165) is 22.9 Å². The zero-order valence-corrected chi connectivity index (χ0v) is 27.1. The molecule has 0 aliphatic carbocycles. The Morgan fingerprint density at radius 3 is 2.26 bits per heavy atom. The maximum absolute atomic E-state index is 13.9. The molecule has 226 valence electrons. The molecule has 0 bridgehead atoms. The molecule has 0 heterocycles. The molecule has 0 aliphatic heterocycles. The standard InChI is InChI=1S/C32H39Cl2N3O4S/c1-22(2)35-32(39)30(19-25-10-7-6-8-11-25)36(21-26-15-16-27(33)20-28(26)34)31(38)12-9-17-37(42(5,40)41)29-18-23(3)13-14-24(29)4/h6-8,10-11,13-16,18,20,22,30H,9,12,17,19,21H2,1-5H3,(H,35,39). The summed E-state index contributed by atoms with van der Waals surface area (Å²) in [4.78, 5) is 29.0. The Kier molecular flexibility index (Phi) is 11.9. The van der Waals surface area contributed by atoms with Crippen LogP contribution in [0.4, 0.5) is 5.69 Å². The number of halogens is 2. The highest BCUT2D eigenvalue weighted by Crippen LogP contribution is 2.26. The highest BCUT2D eigenvalue weighted by Gasteiger charge is 2.31. The third-order valence-corrected chi connectivity index (χ3v) is 8.61. The van der Waals surface area contributed by atoms with E-state index in [2.05, 4.69) is 5.32 Å². The average molecular weight is 633 g/mol. The molecule has 0 spiro atoms. The summed E-state index contributed by atoms with van der Waals surface area (Å²) in [7, 11) is -3.60. The van der Waals surface area contributed by atoms with Gasteiger partial charge in [-0.1, -0.05) is 71.7 Å². The maximum Gasteiger partial charge on any atom is 0.243 e. The monoisotopic (exact) mass is 631 g/mol. The summed E-state index contributed by atoms with van der Waals surface area (Å²) in [6, 6.07) is 19.3. The van der Waals surface area contributed by atoms with Crippen LogP contribution in [0.25, 0.3) is 0 Å². The Balaban J connectivity index is 1.93. The second-order valence-electron chi connectivity index (χ2n) is 10.9. The normalized spacial score (nSPS) is 12.2. The molecule has 42 heavy (non-hydrogen) atoms. The number of anilines is 1. The Hall–Kier alpha value is -3.07. The van der Waals surface area contributed by atoms with Crippen molar-refractivity contribution in [1.29, 1.82) is 0 Å². The third-order valence-electron chi connectivity index (χ3n) is 6.84. The number of sulfonamides is 1. The molecule has 3 aromatic carbocycles. The minimum Gasteiger partial charge on any atom is -0.352 e. The molecule has 3 aromatic rings. The number of hydrogen-bond acceptors (Lipinski definition) is 4. The predicted octanol–water partition coefficient (Wildman–Crippen LogP) is 6.32. The van der Waals surface area contributed by atoms with Crippen LogP contribution in [0.1, 0.15) is 48.9 Å². The van der Waals surface area contributed by atoms with Gasteiger partial charge in [-0.2, -0.15) is 0 Å². The predicted molar refractivity (Wildman–Crippen MR) is 172 cm³/mol. The van der Waals surface area contributed by atoms with Gasteiger partial charge < -0.3 is 10.2 Å². The average Bonchev–Trinajstić information content (AvgIpc) is 2.90. The molecule has 1 atom stereocenters. The first-order valence-electron chi connectivity index (χ1n) is 13.9. The number of amides is 2. The number of aryl methyl sites for hydroxylation is 2. The lowest BCUT2D eigenvalue weighted by atomic mass is 10.0. The van der Waals surface area contributed by atoms with Gasteiger partial charge in [0.1, 0.15) is 6.04 Å². The number of nitrogens with one attached hydrogen (secondary N) is 1. The van der Waals surface area contributed by atoms with E-state index < -0.39 is 16.1 Å². The molecule has 10 heteroatoms. The van der Waals surface area contributed by atoms with Crippen molar-refractivity contribution in [3.05, 3.63) is 99.0 Å². The fourth-order valence-electron chi connectivity index (χ4n) is 4.74. The summed E-state index contributed by atoms with van der Waals surface area (Å²) in [6.45, 7) is 7.70. The lowest BCUT2D eigenvalue weighted by Gasteiger charge is -2.33. The minimum atomic E-state index is -3.60. The van der Waals surface area contributed by atoms with E-state index in [-0.39, 0.29) is 43.8 Å². The molecule has 0 saturated heterocycles. The fourth-order valence-corrected chi connectivity index (χ4v) is 6.22. The second-order valence-corrected chi connectivity index (χ2v) is 13.6. The van der Waals surface area contributed by atoms with Gasteiger partial charge in [0.2, 0.25) is 21.8 Å². The number of hydrogen-bond donors (Lipinski definition) is 1. The van der Waals surface area contributed by atoms with Crippen molar-refractivity contribution < 1.29 is 18.0 Å². The molecule has 0 aromatic heterocycles. The van der Waals surface area contributed by atoms with Crippen LogP contribution in [-0.2, 0) is 32.6 Å². The van der Waals surface area contributed by atoms with E-state index in [1.54, 1.807) is 23.1 Å². The van der Waals surface area contributed by atoms with Gasteiger partial charge in [-0.3, -0.25) is 13.9 Å². The van der Waals surface area contributed by atoms with E-state index >= 15 is 0 Å². The molecule has 0 aliphatic rings. The van der Waals surface area contributed by atoms with Crippen molar-refractivity contribution in [2.24, 2.45) is 0 Å². The first-order valence-corrected chi connectivity index (χ1v) is 16.5. The van der Waals surface area contributed by atoms with E-state index in [9.17, 15) is 18.0 Å². The zero-order chi connectivity index (χ0) is 31.0. The molecule has 0 radical (unpaired) electrons. The van der Waals surface area contributed by atoms with Crippen molar-refractivity contribution in [2.75, 3.05) is 17.1 Å². The molecule has 1 unspecified atom stereocenters. The van der Waals surface area contributed by atoms with E-state index in [1.165, 1.54) is 4.31 Å².